The van der Waals surface area contributed by atoms with Crippen LogP contribution >= 0.6 is 0 Å². The average molecular weight is 521 g/mol. The molecule has 0 saturated carbocycles. The number of nitrogens with one attached hydrogen (secondary N) is 1. The Hall–Kier alpha value is -2.41. The first kappa shape index (κ1) is 28.6. The monoisotopic (exact) mass is 520 g/mol. The van der Waals surface area contributed by atoms with Crippen molar-refractivity contribution in [2.24, 2.45) is 0 Å². The van der Waals surface area contributed by atoms with Crippen LogP contribution in [0.25, 0.3) is 16.5 Å². The summed E-state index contributed by atoms with van der Waals surface area (Å²) in [6.07, 6.45) is 7.67. The van der Waals surface area contributed by atoms with Crippen LogP contribution in [0.4, 0.5) is 0 Å². The molecular weight excluding hydrogens is 472 g/mol. The number of H-pyrrole nitrogens is 1. The number of carbonyl (C=O) groups is 1. The smallest absolute Gasteiger partial charge is 0.236 e. The van der Waals surface area contributed by atoms with E-state index in [1.165, 1.54) is 38.9 Å². The minimum Gasteiger partial charge on any atom is -0.395 e. The van der Waals surface area contributed by atoms with Crippen molar-refractivity contribution in [3.05, 3.63) is 52.7 Å². The zero-order chi connectivity index (χ0) is 27.2. The van der Waals surface area contributed by atoms with Gasteiger partial charge < -0.3 is 15.0 Å². The Kier molecular flexibility index (Phi) is 9.85. The van der Waals surface area contributed by atoms with Gasteiger partial charge in [0.1, 0.15) is 0 Å². The summed E-state index contributed by atoms with van der Waals surface area (Å²) >= 11 is 0. The lowest BCUT2D eigenvalue weighted by atomic mass is 9.87. The number of allylic oxidation sites excluding steroid dienone is 4. The molecule has 2 aliphatic rings. The maximum absolute atomic E-state index is 13.0. The van der Waals surface area contributed by atoms with E-state index in [1.807, 2.05) is 0 Å². The summed E-state index contributed by atoms with van der Waals surface area (Å²) in [5.74, 6) is 1.18. The van der Waals surface area contributed by atoms with Gasteiger partial charge in [0.15, 0.2) is 0 Å². The van der Waals surface area contributed by atoms with E-state index in [2.05, 4.69) is 84.7 Å². The molecule has 6 heteroatoms. The van der Waals surface area contributed by atoms with Crippen LogP contribution in [0.3, 0.4) is 0 Å². The number of piperazine rings is 1. The van der Waals surface area contributed by atoms with Gasteiger partial charge in [-0.1, -0.05) is 44.6 Å². The lowest BCUT2D eigenvalue weighted by molar-refractivity contribution is -0.133. The SMILES string of the molecule is CC/C=C(\C=C(C)C)c1[nH]c2ccc(C3CCN(C(=O)CN4CCN(CCO)CC4)CC3)cc2c1C(C)C. The van der Waals surface area contributed by atoms with Gasteiger partial charge in [-0.25, -0.2) is 0 Å². The molecular formula is C32H48N4O2. The number of amides is 1. The fourth-order valence-corrected chi connectivity index (χ4v) is 6.14. The topological polar surface area (TPSA) is 62.8 Å². The Balaban J connectivity index is 1.43. The van der Waals surface area contributed by atoms with E-state index in [0.717, 1.165) is 65.1 Å². The van der Waals surface area contributed by atoms with E-state index in [9.17, 15) is 4.79 Å². The van der Waals surface area contributed by atoms with Crippen LogP contribution in [-0.4, -0.2) is 89.7 Å². The Morgan fingerprint density at radius 1 is 1.08 bits per heavy atom. The van der Waals surface area contributed by atoms with Crippen molar-refractivity contribution >= 4 is 22.4 Å². The first-order valence-electron chi connectivity index (χ1n) is 14.6. The number of nitrogens with zero attached hydrogens (tertiary/aromatic N) is 3. The third kappa shape index (κ3) is 6.77. The van der Waals surface area contributed by atoms with Crippen molar-refractivity contribution in [3.63, 3.8) is 0 Å². The maximum Gasteiger partial charge on any atom is 0.236 e. The number of likely N-dealkylation sites (tertiary alicyclic amines) is 1. The van der Waals surface area contributed by atoms with Gasteiger partial charge in [0.2, 0.25) is 5.91 Å². The average Bonchev–Trinajstić information content (AvgIpc) is 3.29. The molecule has 2 N–H and O–H groups in total. The van der Waals surface area contributed by atoms with Gasteiger partial charge in [-0.15, -0.1) is 0 Å². The first-order valence-corrected chi connectivity index (χ1v) is 14.6. The number of hydrogen-bond donors (Lipinski definition) is 2. The molecule has 2 aliphatic heterocycles. The predicted octanol–water partition coefficient (Wildman–Crippen LogP) is 5.37. The van der Waals surface area contributed by atoms with Gasteiger partial charge in [0.05, 0.1) is 13.2 Å². The van der Waals surface area contributed by atoms with Crippen molar-refractivity contribution in [1.82, 2.24) is 19.7 Å². The molecule has 208 valence electrons. The van der Waals surface area contributed by atoms with E-state index < -0.39 is 0 Å². The van der Waals surface area contributed by atoms with Crippen molar-refractivity contribution < 1.29 is 9.90 Å². The Morgan fingerprint density at radius 2 is 1.76 bits per heavy atom. The van der Waals surface area contributed by atoms with E-state index >= 15 is 0 Å². The van der Waals surface area contributed by atoms with Crippen LogP contribution in [0.2, 0.25) is 0 Å². The predicted molar refractivity (Wildman–Crippen MR) is 159 cm³/mol. The second kappa shape index (κ2) is 13.1. The van der Waals surface area contributed by atoms with Crippen LogP contribution in [0.1, 0.15) is 82.5 Å². The van der Waals surface area contributed by atoms with Crippen molar-refractivity contribution in [3.8, 4) is 0 Å². The molecule has 1 aromatic carbocycles. The van der Waals surface area contributed by atoms with Gasteiger partial charge in [-0.05, 0) is 73.8 Å². The number of carbonyl (C=O) groups excluding carboxylic acids is 1. The molecule has 38 heavy (non-hydrogen) atoms. The number of piperidine rings is 1. The number of fused-ring (bicyclic) bond motifs is 1. The number of rotatable bonds is 9. The number of aromatic amines is 1. The minimum atomic E-state index is 0.206. The van der Waals surface area contributed by atoms with Crippen LogP contribution in [-0.2, 0) is 4.79 Å². The fourth-order valence-electron chi connectivity index (χ4n) is 6.14. The largest absolute Gasteiger partial charge is 0.395 e. The zero-order valence-electron chi connectivity index (χ0n) is 24.2. The molecule has 0 spiro atoms. The van der Waals surface area contributed by atoms with Gasteiger partial charge >= 0.3 is 0 Å². The lowest BCUT2D eigenvalue weighted by Crippen LogP contribution is -2.51. The lowest BCUT2D eigenvalue weighted by Gasteiger charge is -2.37. The third-order valence-electron chi connectivity index (χ3n) is 8.16. The summed E-state index contributed by atoms with van der Waals surface area (Å²) in [6, 6.07) is 6.98. The highest BCUT2D eigenvalue weighted by atomic mass is 16.3. The summed E-state index contributed by atoms with van der Waals surface area (Å²) in [7, 11) is 0. The number of aliphatic hydroxyl groups excluding tert-OH is 1. The highest BCUT2D eigenvalue weighted by molar-refractivity contribution is 5.92. The molecule has 0 atom stereocenters. The van der Waals surface area contributed by atoms with Gasteiger partial charge in [-0.3, -0.25) is 14.6 Å². The van der Waals surface area contributed by atoms with Crippen LogP contribution in [0.5, 0.6) is 0 Å². The molecule has 0 bridgehead atoms. The molecule has 0 unspecified atom stereocenters. The normalized spacial score (nSPS) is 18.5. The summed E-state index contributed by atoms with van der Waals surface area (Å²) in [5.41, 5.74) is 7.88. The Bertz CT molecular complexity index is 1140. The highest BCUT2D eigenvalue weighted by Crippen LogP contribution is 2.37. The summed E-state index contributed by atoms with van der Waals surface area (Å²) in [6.45, 7) is 17.9. The standard InChI is InChI=1S/C32H48N4O2/c1-6-7-27(20-23(2)3)32-31(24(4)5)28-21-26(8-9-29(28)33-32)25-10-12-36(13-11-25)30(38)22-35-16-14-34(15-17-35)18-19-37/h7-9,20-21,24-25,33,37H,6,10-19,22H2,1-5H3/b27-7+. The van der Waals surface area contributed by atoms with E-state index in [-0.39, 0.29) is 12.5 Å². The van der Waals surface area contributed by atoms with Gasteiger partial charge in [-0.2, -0.15) is 0 Å². The minimum absolute atomic E-state index is 0.206. The van der Waals surface area contributed by atoms with Crippen LogP contribution in [0, 0.1) is 0 Å². The zero-order valence-corrected chi connectivity index (χ0v) is 24.2. The number of hydrogen-bond acceptors (Lipinski definition) is 4. The molecule has 1 aromatic heterocycles. The van der Waals surface area contributed by atoms with E-state index in [4.69, 9.17) is 5.11 Å². The number of benzene rings is 1. The Morgan fingerprint density at radius 3 is 2.37 bits per heavy atom. The van der Waals surface area contributed by atoms with Crippen LogP contribution in [0.15, 0.2) is 35.9 Å². The quantitative estimate of drug-likeness (QED) is 0.437. The molecule has 1 amide bonds. The van der Waals surface area contributed by atoms with Gasteiger partial charge in [0, 0.05) is 62.4 Å². The molecule has 0 aliphatic carbocycles. The summed E-state index contributed by atoms with van der Waals surface area (Å²) in [5, 5.41) is 10.5. The molecule has 2 fully saturated rings. The van der Waals surface area contributed by atoms with E-state index in [1.54, 1.807) is 0 Å². The molecule has 6 nitrogen and oxygen atoms in total. The van der Waals surface area contributed by atoms with Crippen molar-refractivity contribution in [2.45, 2.75) is 65.7 Å². The fraction of sp³-hybridized carbons (Fsp3) is 0.594. The van der Waals surface area contributed by atoms with Crippen LogP contribution < -0.4 is 0 Å². The summed E-state index contributed by atoms with van der Waals surface area (Å²) in [4.78, 5) is 23.4. The highest BCUT2D eigenvalue weighted by Gasteiger charge is 2.27. The molecule has 0 radical (unpaired) electrons. The third-order valence-corrected chi connectivity index (χ3v) is 8.16. The molecule has 2 aromatic rings. The molecule has 4 rings (SSSR count). The van der Waals surface area contributed by atoms with Crippen molar-refractivity contribution in [2.75, 3.05) is 59.0 Å². The maximum atomic E-state index is 13.0. The van der Waals surface area contributed by atoms with E-state index in [0.29, 0.717) is 18.4 Å². The number of β-amino-alcohol motifs (C(OH)–C–C–N with tert-alkyl or cyclic N) is 1. The molecule has 3 heterocycles. The van der Waals surface area contributed by atoms with Gasteiger partial charge in [0.25, 0.3) is 0 Å². The molecule has 2 saturated heterocycles. The number of aromatic nitrogens is 1. The summed E-state index contributed by atoms with van der Waals surface area (Å²) < 4.78 is 0. The second-order valence-electron chi connectivity index (χ2n) is 11.7. The Labute approximate surface area is 229 Å². The van der Waals surface area contributed by atoms with Crippen molar-refractivity contribution in [1.29, 1.82) is 0 Å². The number of aliphatic hydroxyl groups is 1. The second-order valence-corrected chi connectivity index (χ2v) is 11.7. The first-order chi connectivity index (χ1) is 18.3.